The number of hydrogen-bond donors (Lipinski definition) is 2. The molecule has 15 heavy (non-hydrogen) atoms. The van der Waals surface area contributed by atoms with Gasteiger partial charge in [0.15, 0.2) is 0 Å². The highest BCUT2D eigenvalue weighted by molar-refractivity contribution is 5.76. The van der Waals surface area contributed by atoms with Crippen molar-refractivity contribution in [3.05, 3.63) is 0 Å². The van der Waals surface area contributed by atoms with E-state index in [9.17, 15) is 4.79 Å². The molecule has 2 heterocycles. The van der Waals surface area contributed by atoms with E-state index in [1.807, 2.05) is 6.92 Å². The van der Waals surface area contributed by atoms with Crippen LogP contribution in [0.4, 0.5) is 0 Å². The Hall–Kier alpha value is -0.610. The van der Waals surface area contributed by atoms with E-state index in [2.05, 4.69) is 10.2 Å². The van der Waals surface area contributed by atoms with E-state index in [0.29, 0.717) is 6.04 Å². The Morgan fingerprint density at radius 3 is 3.07 bits per heavy atom. The number of nitrogens with zero attached hydrogens (tertiary/aromatic N) is 1. The number of carbonyl (C=O) groups excluding carboxylic acids is 1. The van der Waals surface area contributed by atoms with Gasteiger partial charge in [0, 0.05) is 31.6 Å². The number of primary amides is 1. The van der Waals surface area contributed by atoms with Crippen molar-refractivity contribution in [2.24, 2.45) is 17.6 Å². The van der Waals surface area contributed by atoms with Crippen LogP contribution in [0.1, 0.15) is 19.8 Å². The molecule has 3 N–H and O–H groups in total. The SMILES string of the molecule is CC(CN1CC2CCCNC2C1)C(N)=O. The molecule has 1 amide bonds. The maximum atomic E-state index is 11.0. The summed E-state index contributed by atoms with van der Waals surface area (Å²) in [5.41, 5.74) is 5.28. The van der Waals surface area contributed by atoms with Gasteiger partial charge in [-0.15, -0.1) is 0 Å². The van der Waals surface area contributed by atoms with Gasteiger partial charge in [-0.2, -0.15) is 0 Å². The average Bonchev–Trinajstić information content (AvgIpc) is 2.59. The zero-order chi connectivity index (χ0) is 10.8. The van der Waals surface area contributed by atoms with E-state index >= 15 is 0 Å². The third-order valence-corrected chi connectivity index (χ3v) is 3.69. The van der Waals surface area contributed by atoms with Crippen LogP contribution in [0.15, 0.2) is 0 Å². The lowest BCUT2D eigenvalue weighted by Crippen LogP contribution is -2.41. The number of amides is 1. The Balaban J connectivity index is 1.83. The minimum absolute atomic E-state index is 0.0230. The van der Waals surface area contributed by atoms with Crippen LogP contribution < -0.4 is 11.1 Å². The molecule has 0 aliphatic carbocycles. The number of likely N-dealkylation sites (tertiary alicyclic amines) is 1. The van der Waals surface area contributed by atoms with Gasteiger partial charge in [0.2, 0.25) is 5.91 Å². The van der Waals surface area contributed by atoms with Crippen LogP contribution in [0.3, 0.4) is 0 Å². The number of hydrogen-bond acceptors (Lipinski definition) is 3. The molecule has 0 aromatic heterocycles. The monoisotopic (exact) mass is 211 g/mol. The topological polar surface area (TPSA) is 58.4 Å². The summed E-state index contributed by atoms with van der Waals surface area (Å²) in [4.78, 5) is 13.4. The van der Waals surface area contributed by atoms with E-state index in [-0.39, 0.29) is 11.8 Å². The number of piperidine rings is 1. The van der Waals surface area contributed by atoms with E-state index in [1.165, 1.54) is 12.8 Å². The molecule has 0 saturated carbocycles. The summed E-state index contributed by atoms with van der Waals surface area (Å²) >= 11 is 0. The zero-order valence-electron chi connectivity index (χ0n) is 9.41. The summed E-state index contributed by atoms with van der Waals surface area (Å²) in [6, 6.07) is 0.652. The molecule has 3 atom stereocenters. The first-order valence-electron chi connectivity index (χ1n) is 5.92. The average molecular weight is 211 g/mol. The highest BCUT2D eigenvalue weighted by Crippen LogP contribution is 2.25. The van der Waals surface area contributed by atoms with Gasteiger partial charge < -0.3 is 16.0 Å². The Morgan fingerprint density at radius 2 is 2.40 bits per heavy atom. The van der Waals surface area contributed by atoms with Crippen molar-refractivity contribution in [1.29, 1.82) is 0 Å². The predicted octanol–water partition coefficient (Wildman–Crippen LogP) is -0.208. The van der Waals surface area contributed by atoms with Crippen molar-refractivity contribution in [3.63, 3.8) is 0 Å². The summed E-state index contributed by atoms with van der Waals surface area (Å²) in [5, 5.41) is 3.56. The first-order chi connectivity index (χ1) is 7.16. The van der Waals surface area contributed by atoms with Gasteiger partial charge in [-0.3, -0.25) is 4.79 Å². The molecule has 0 aromatic carbocycles. The molecule has 0 spiro atoms. The van der Waals surface area contributed by atoms with E-state index < -0.39 is 0 Å². The fourth-order valence-corrected chi connectivity index (χ4v) is 2.76. The number of nitrogens with one attached hydrogen (secondary N) is 1. The van der Waals surface area contributed by atoms with Crippen LogP contribution in [-0.4, -0.2) is 43.0 Å². The molecule has 2 aliphatic heterocycles. The molecular formula is C11H21N3O. The quantitative estimate of drug-likeness (QED) is 0.679. The Morgan fingerprint density at radius 1 is 1.60 bits per heavy atom. The van der Waals surface area contributed by atoms with E-state index in [0.717, 1.165) is 32.1 Å². The molecule has 86 valence electrons. The molecule has 2 aliphatic rings. The molecule has 4 heteroatoms. The maximum Gasteiger partial charge on any atom is 0.221 e. The van der Waals surface area contributed by atoms with Crippen LogP contribution >= 0.6 is 0 Å². The number of rotatable bonds is 3. The van der Waals surface area contributed by atoms with Gasteiger partial charge in [-0.05, 0) is 25.3 Å². The van der Waals surface area contributed by atoms with Crippen molar-refractivity contribution in [1.82, 2.24) is 10.2 Å². The smallest absolute Gasteiger partial charge is 0.221 e. The summed E-state index contributed by atoms with van der Waals surface area (Å²) in [6.45, 7) is 6.11. The van der Waals surface area contributed by atoms with Crippen molar-refractivity contribution in [2.75, 3.05) is 26.2 Å². The zero-order valence-corrected chi connectivity index (χ0v) is 9.41. The predicted molar refractivity (Wildman–Crippen MR) is 59.3 cm³/mol. The Labute approximate surface area is 91.2 Å². The highest BCUT2D eigenvalue weighted by atomic mass is 16.1. The second-order valence-electron chi connectivity index (χ2n) is 4.98. The minimum Gasteiger partial charge on any atom is -0.369 e. The minimum atomic E-state index is -0.183. The molecule has 2 rings (SSSR count). The standard InChI is InChI=1S/C11H21N3O/c1-8(11(12)15)5-14-6-9-3-2-4-13-10(9)7-14/h8-10,13H,2-7H2,1H3,(H2,12,15). The molecule has 2 fully saturated rings. The van der Waals surface area contributed by atoms with E-state index in [1.54, 1.807) is 0 Å². The van der Waals surface area contributed by atoms with Crippen LogP contribution in [0.25, 0.3) is 0 Å². The van der Waals surface area contributed by atoms with Gasteiger partial charge in [0.05, 0.1) is 0 Å². The molecule has 0 bridgehead atoms. The fraction of sp³-hybridized carbons (Fsp3) is 0.909. The number of nitrogens with two attached hydrogens (primary N) is 1. The number of carbonyl (C=O) groups is 1. The maximum absolute atomic E-state index is 11.0. The first kappa shape index (κ1) is 10.9. The van der Waals surface area contributed by atoms with Crippen molar-refractivity contribution < 1.29 is 4.79 Å². The van der Waals surface area contributed by atoms with Crippen LogP contribution in [0, 0.1) is 11.8 Å². The lowest BCUT2D eigenvalue weighted by Gasteiger charge is -2.24. The summed E-state index contributed by atoms with van der Waals surface area (Å²) < 4.78 is 0. The Kier molecular flexibility index (Phi) is 3.26. The third-order valence-electron chi connectivity index (χ3n) is 3.69. The van der Waals surface area contributed by atoms with Crippen LogP contribution in [0.5, 0.6) is 0 Å². The van der Waals surface area contributed by atoms with Gasteiger partial charge in [-0.25, -0.2) is 0 Å². The van der Waals surface area contributed by atoms with Crippen molar-refractivity contribution >= 4 is 5.91 Å². The molecule has 2 saturated heterocycles. The second-order valence-corrected chi connectivity index (χ2v) is 4.98. The van der Waals surface area contributed by atoms with Crippen LogP contribution in [-0.2, 0) is 4.79 Å². The largest absolute Gasteiger partial charge is 0.369 e. The lowest BCUT2D eigenvalue weighted by molar-refractivity contribution is -0.121. The molecule has 0 radical (unpaired) electrons. The fourth-order valence-electron chi connectivity index (χ4n) is 2.76. The van der Waals surface area contributed by atoms with Gasteiger partial charge in [-0.1, -0.05) is 6.92 Å². The normalized spacial score (nSPS) is 33.7. The summed E-state index contributed by atoms with van der Waals surface area (Å²) in [5.74, 6) is 0.585. The van der Waals surface area contributed by atoms with Crippen molar-refractivity contribution in [3.8, 4) is 0 Å². The molecule has 4 nitrogen and oxygen atoms in total. The van der Waals surface area contributed by atoms with Gasteiger partial charge >= 0.3 is 0 Å². The van der Waals surface area contributed by atoms with Crippen molar-refractivity contribution in [2.45, 2.75) is 25.8 Å². The lowest BCUT2D eigenvalue weighted by atomic mass is 9.94. The van der Waals surface area contributed by atoms with Gasteiger partial charge in [0.25, 0.3) is 0 Å². The Bertz CT molecular complexity index is 230. The molecule has 0 aromatic rings. The second kappa shape index (κ2) is 4.49. The van der Waals surface area contributed by atoms with E-state index in [4.69, 9.17) is 5.73 Å². The summed E-state index contributed by atoms with van der Waals surface area (Å²) in [7, 11) is 0. The number of fused-ring (bicyclic) bond motifs is 1. The first-order valence-corrected chi connectivity index (χ1v) is 5.92. The summed E-state index contributed by atoms with van der Waals surface area (Å²) in [6.07, 6.45) is 2.62. The molecule has 3 unspecified atom stereocenters. The van der Waals surface area contributed by atoms with Gasteiger partial charge in [0.1, 0.15) is 0 Å². The third kappa shape index (κ3) is 2.49. The highest BCUT2D eigenvalue weighted by Gasteiger charge is 2.34. The molecular weight excluding hydrogens is 190 g/mol. The van der Waals surface area contributed by atoms with Crippen LogP contribution in [0.2, 0.25) is 0 Å².